The molecule has 2 heteroatoms. The molecule has 0 aromatic rings. The Bertz CT molecular complexity index is 445. The van der Waals surface area contributed by atoms with E-state index in [1.165, 1.54) is 51.4 Å². The van der Waals surface area contributed by atoms with Crippen LogP contribution in [0.2, 0.25) is 0 Å². The van der Waals surface area contributed by atoms with Gasteiger partial charge in [0.1, 0.15) is 0 Å². The molecule has 0 amide bonds. The summed E-state index contributed by atoms with van der Waals surface area (Å²) >= 11 is 0. The first kappa shape index (κ1) is 30.8. The molecule has 4 aliphatic carbocycles. The van der Waals surface area contributed by atoms with Gasteiger partial charge in [-0.25, -0.2) is 0 Å². The topological polar surface area (TPSA) is 0 Å². The summed E-state index contributed by atoms with van der Waals surface area (Å²) in [5, 5.41) is 0. The van der Waals surface area contributed by atoms with E-state index in [4.69, 9.17) is 0 Å². The predicted molar refractivity (Wildman–Crippen MR) is 172 cm³/mol. The van der Waals surface area contributed by atoms with Gasteiger partial charge < -0.3 is 0 Å². The summed E-state index contributed by atoms with van der Waals surface area (Å²) in [6, 6.07) is 0. The maximum Gasteiger partial charge on any atom is -0.0323 e. The smallest absolute Gasteiger partial charge is 0.0323 e. The highest BCUT2D eigenvalue weighted by molar-refractivity contribution is 7.58. The Morgan fingerprint density at radius 1 is 0.297 bits per heavy atom. The highest BCUT2D eigenvalue weighted by atomic mass is 31.1. The van der Waals surface area contributed by atoms with Crippen LogP contribution in [-0.2, 0) is 0 Å². The Balaban J connectivity index is 1.16. The van der Waals surface area contributed by atoms with Gasteiger partial charge in [0.05, 0.1) is 0 Å². The van der Waals surface area contributed by atoms with Crippen molar-refractivity contribution in [2.45, 2.75) is 161 Å². The molecule has 0 radical (unpaired) electrons. The molecule has 4 saturated carbocycles. The zero-order chi connectivity index (χ0) is 25.4. The lowest BCUT2D eigenvalue weighted by atomic mass is 10.0. The van der Waals surface area contributed by atoms with E-state index in [0.29, 0.717) is 15.8 Å². The van der Waals surface area contributed by atoms with Crippen LogP contribution in [0.25, 0.3) is 0 Å². The quantitative estimate of drug-likeness (QED) is 0.133. The van der Waals surface area contributed by atoms with Crippen molar-refractivity contribution in [3.8, 4) is 0 Å². The average Bonchev–Trinajstić information content (AvgIpc) is 3.72. The lowest BCUT2D eigenvalue weighted by Crippen LogP contribution is -2.04. The van der Waals surface area contributed by atoms with Crippen LogP contribution in [0.5, 0.6) is 0 Å². The third kappa shape index (κ3) is 12.9. The van der Waals surface area contributed by atoms with E-state index in [1.807, 2.05) is 0 Å². The summed E-state index contributed by atoms with van der Waals surface area (Å²) in [5.74, 6) is 4.46. The first-order valence-electron chi connectivity index (χ1n) is 17.8. The van der Waals surface area contributed by atoms with Gasteiger partial charge in [0.25, 0.3) is 0 Å². The fraction of sp³-hybridized carbons (Fsp3) is 1.00. The minimum absolute atomic E-state index is 0.338. The summed E-state index contributed by atoms with van der Waals surface area (Å²) in [4.78, 5) is 0. The molecule has 0 bridgehead atoms. The normalized spacial score (nSPS) is 22.5. The van der Waals surface area contributed by atoms with Crippen molar-refractivity contribution in [3.63, 3.8) is 0 Å². The molecule has 0 N–H and O–H groups in total. The average molecular weight is 549 g/mol. The minimum Gasteiger partial charge on any atom is -0.107 e. The Kier molecular flexibility index (Phi) is 15.9. The summed E-state index contributed by atoms with van der Waals surface area (Å²) in [7, 11) is 0.676. The highest BCUT2D eigenvalue weighted by Crippen LogP contribution is 2.45. The van der Waals surface area contributed by atoms with E-state index in [-0.39, 0.29) is 0 Å². The van der Waals surface area contributed by atoms with Crippen LogP contribution >= 0.6 is 15.8 Å². The lowest BCUT2D eigenvalue weighted by molar-refractivity contribution is 0.494. The zero-order valence-corrected chi connectivity index (χ0v) is 26.9. The molecule has 4 rings (SSSR count). The largest absolute Gasteiger partial charge is 0.107 e. The van der Waals surface area contributed by atoms with Gasteiger partial charge in [-0.15, -0.1) is 15.8 Å². The number of rotatable bonds is 20. The van der Waals surface area contributed by atoms with Crippen molar-refractivity contribution in [2.75, 3.05) is 37.0 Å². The zero-order valence-electron chi connectivity index (χ0n) is 25.1. The maximum absolute atomic E-state index is 1.65. The molecule has 216 valence electrons. The second-order valence-electron chi connectivity index (χ2n) is 14.2. The predicted octanol–water partition coefficient (Wildman–Crippen LogP) is 12.2. The van der Waals surface area contributed by atoms with E-state index < -0.39 is 0 Å². The molecule has 0 spiro atoms. The van der Waals surface area contributed by atoms with Crippen molar-refractivity contribution in [1.29, 1.82) is 0 Å². The van der Waals surface area contributed by atoms with Crippen LogP contribution in [0.4, 0.5) is 0 Å². The molecule has 0 heterocycles. The molecule has 0 aliphatic heterocycles. The van der Waals surface area contributed by atoms with Crippen LogP contribution < -0.4 is 0 Å². The number of hydrogen-bond donors (Lipinski definition) is 0. The molecule has 0 nitrogen and oxygen atoms in total. The van der Waals surface area contributed by atoms with Gasteiger partial charge >= 0.3 is 0 Å². The van der Waals surface area contributed by atoms with Crippen LogP contribution in [0.3, 0.4) is 0 Å². The second-order valence-corrected chi connectivity index (χ2v) is 19.6. The molecular weight excluding hydrogens is 482 g/mol. The first-order valence-corrected chi connectivity index (χ1v) is 21.6. The van der Waals surface area contributed by atoms with E-state index in [9.17, 15) is 0 Å². The van der Waals surface area contributed by atoms with Crippen molar-refractivity contribution < 1.29 is 0 Å². The van der Waals surface area contributed by atoms with E-state index >= 15 is 0 Å². The first-order chi connectivity index (χ1) is 18.3. The Morgan fingerprint density at radius 2 is 0.514 bits per heavy atom. The Hall–Kier alpha value is 0.860. The molecule has 0 saturated heterocycles. The second kappa shape index (κ2) is 19.1. The molecule has 37 heavy (non-hydrogen) atoms. The summed E-state index contributed by atoms with van der Waals surface area (Å²) in [6.07, 6.45) is 48.9. The highest BCUT2D eigenvalue weighted by Gasteiger charge is 2.20. The van der Waals surface area contributed by atoms with Gasteiger partial charge in [-0.1, -0.05) is 128 Å². The van der Waals surface area contributed by atoms with Gasteiger partial charge in [0.15, 0.2) is 0 Å². The van der Waals surface area contributed by atoms with Crippen LogP contribution in [0, 0.1) is 23.7 Å². The molecule has 0 atom stereocenters. The van der Waals surface area contributed by atoms with Crippen LogP contribution in [0.15, 0.2) is 0 Å². The van der Waals surface area contributed by atoms with Gasteiger partial charge in [0, 0.05) is 0 Å². The summed E-state index contributed by atoms with van der Waals surface area (Å²) in [5.41, 5.74) is 0. The maximum atomic E-state index is 1.65. The number of hydrogen-bond acceptors (Lipinski definition) is 0. The molecule has 0 aromatic carbocycles. The fourth-order valence-corrected chi connectivity index (χ4v) is 14.1. The van der Waals surface area contributed by atoms with E-state index in [1.54, 1.807) is 146 Å². The molecule has 4 fully saturated rings. The van der Waals surface area contributed by atoms with Gasteiger partial charge in [0.2, 0.25) is 0 Å². The SMILES string of the molecule is C1CCC(CCCP(CCCC2CCCC2)CCCP(CCCC2CCCC2)CCCC2CCCC2)C1. The van der Waals surface area contributed by atoms with Crippen LogP contribution in [0.1, 0.15) is 161 Å². The Labute approximate surface area is 236 Å². The summed E-state index contributed by atoms with van der Waals surface area (Å²) in [6.45, 7) is 0. The standard InChI is InChI=1S/C35H66P2/c1-2-15-32(14-1)22-9-26-36(27-10-23-33-16-3-4-17-33)30-13-31-37(28-11-24-34-18-5-6-19-34)29-12-25-35-20-7-8-21-35/h32-35H,1-31H2. The third-order valence-corrected chi connectivity index (χ3v) is 16.9. The lowest BCUT2D eigenvalue weighted by Gasteiger charge is -2.23. The molecule has 4 aliphatic rings. The van der Waals surface area contributed by atoms with Gasteiger partial charge in [-0.05, 0) is 92.7 Å². The third-order valence-electron chi connectivity index (χ3n) is 11.2. The van der Waals surface area contributed by atoms with Crippen molar-refractivity contribution >= 4 is 15.8 Å². The molecule has 0 aromatic heterocycles. The molecule has 0 unspecified atom stereocenters. The van der Waals surface area contributed by atoms with Crippen molar-refractivity contribution in [1.82, 2.24) is 0 Å². The minimum atomic E-state index is 0.338. The van der Waals surface area contributed by atoms with Crippen LogP contribution in [-0.4, -0.2) is 37.0 Å². The fourth-order valence-electron chi connectivity index (χ4n) is 8.80. The summed E-state index contributed by atoms with van der Waals surface area (Å²) < 4.78 is 0. The Morgan fingerprint density at radius 3 is 0.757 bits per heavy atom. The van der Waals surface area contributed by atoms with Gasteiger partial charge in [-0.2, -0.15) is 0 Å². The van der Waals surface area contributed by atoms with E-state index in [0.717, 1.165) is 23.7 Å². The van der Waals surface area contributed by atoms with Crippen molar-refractivity contribution in [3.05, 3.63) is 0 Å². The van der Waals surface area contributed by atoms with Gasteiger partial charge in [-0.3, -0.25) is 0 Å². The monoisotopic (exact) mass is 548 g/mol. The van der Waals surface area contributed by atoms with E-state index in [2.05, 4.69) is 0 Å². The molecular formula is C35H66P2. The van der Waals surface area contributed by atoms with Crippen molar-refractivity contribution in [2.24, 2.45) is 23.7 Å².